The van der Waals surface area contributed by atoms with Crippen molar-refractivity contribution in [2.24, 2.45) is 10.9 Å². The molecule has 1 fully saturated rings. The number of rotatable bonds is 4. The molecular weight excluding hydrogens is 373 g/mol. The molecule has 0 aliphatic carbocycles. The van der Waals surface area contributed by atoms with Crippen LogP contribution >= 0.6 is 24.0 Å². The first-order valence-corrected chi connectivity index (χ1v) is 6.46. The molecule has 1 saturated heterocycles. The van der Waals surface area contributed by atoms with Crippen molar-refractivity contribution in [3.63, 3.8) is 0 Å². The molecule has 2 rings (SSSR count). The first kappa shape index (κ1) is 17.2. The third kappa shape index (κ3) is 4.58. The highest BCUT2D eigenvalue weighted by Crippen LogP contribution is 2.16. The Kier molecular flexibility index (Phi) is 7.20. The van der Waals surface area contributed by atoms with Gasteiger partial charge in [-0.1, -0.05) is 5.16 Å². The minimum Gasteiger partial charge on any atom is -0.384 e. The second-order valence-electron chi connectivity index (χ2n) is 4.69. The van der Waals surface area contributed by atoms with Crippen molar-refractivity contribution in [1.29, 1.82) is 0 Å². The number of guanidine groups is 1. The standard InChI is InChI=1S/C12H21N5O2.HI/c1-9-15-11(19-16-9)6-14-12(13-2)17-5-4-10(7-17)8-18-3;/h10H,4-8H2,1-3H3,(H,13,14);1H. The predicted molar refractivity (Wildman–Crippen MR) is 86.2 cm³/mol. The van der Waals surface area contributed by atoms with E-state index >= 15 is 0 Å². The van der Waals surface area contributed by atoms with Crippen LogP contribution in [0, 0.1) is 12.8 Å². The highest BCUT2D eigenvalue weighted by atomic mass is 127. The molecule has 1 aromatic heterocycles. The van der Waals surface area contributed by atoms with Gasteiger partial charge >= 0.3 is 0 Å². The average Bonchev–Trinajstić information content (AvgIpc) is 3.01. The first-order valence-electron chi connectivity index (χ1n) is 6.46. The molecule has 0 radical (unpaired) electrons. The van der Waals surface area contributed by atoms with Crippen molar-refractivity contribution in [3.8, 4) is 0 Å². The summed E-state index contributed by atoms with van der Waals surface area (Å²) < 4.78 is 10.3. The number of aryl methyl sites for hydroxylation is 1. The van der Waals surface area contributed by atoms with Crippen LogP contribution in [0.2, 0.25) is 0 Å². The van der Waals surface area contributed by atoms with Gasteiger partial charge in [-0.15, -0.1) is 24.0 Å². The number of hydrogen-bond donors (Lipinski definition) is 1. The molecule has 1 N–H and O–H groups in total. The Balaban J connectivity index is 0.00000200. The maximum atomic E-state index is 5.20. The van der Waals surface area contributed by atoms with Crippen molar-refractivity contribution in [1.82, 2.24) is 20.4 Å². The van der Waals surface area contributed by atoms with E-state index in [9.17, 15) is 0 Å². The SMILES string of the molecule is CN=C(NCc1nc(C)no1)N1CCC(COC)C1.I. The zero-order valence-corrected chi connectivity index (χ0v) is 14.5. The van der Waals surface area contributed by atoms with E-state index in [0.29, 0.717) is 24.2 Å². The lowest BCUT2D eigenvalue weighted by molar-refractivity contribution is 0.157. The van der Waals surface area contributed by atoms with Crippen LogP contribution in [0.25, 0.3) is 0 Å². The molecule has 0 saturated carbocycles. The summed E-state index contributed by atoms with van der Waals surface area (Å²) in [6.45, 7) is 5.07. The maximum Gasteiger partial charge on any atom is 0.246 e. The van der Waals surface area contributed by atoms with Crippen molar-refractivity contribution in [2.45, 2.75) is 19.9 Å². The van der Waals surface area contributed by atoms with Gasteiger partial charge in [0, 0.05) is 33.2 Å². The second-order valence-corrected chi connectivity index (χ2v) is 4.69. The number of halogens is 1. The second kappa shape index (κ2) is 8.40. The number of nitrogens with zero attached hydrogens (tertiary/aromatic N) is 4. The van der Waals surface area contributed by atoms with Crippen LogP contribution in [0.1, 0.15) is 18.1 Å². The molecule has 0 aromatic carbocycles. The summed E-state index contributed by atoms with van der Waals surface area (Å²) in [6, 6.07) is 0. The lowest BCUT2D eigenvalue weighted by Crippen LogP contribution is -2.39. The van der Waals surface area contributed by atoms with Crippen LogP contribution in [0.5, 0.6) is 0 Å². The molecule has 114 valence electrons. The Labute approximate surface area is 136 Å². The summed E-state index contributed by atoms with van der Waals surface area (Å²) in [7, 11) is 3.53. The molecule has 7 nitrogen and oxygen atoms in total. The van der Waals surface area contributed by atoms with Gasteiger partial charge in [0.25, 0.3) is 0 Å². The summed E-state index contributed by atoms with van der Waals surface area (Å²) in [6.07, 6.45) is 1.13. The highest BCUT2D eigenvalue weighted by molar-refractivity contribution is 14.0. The van der Waals surface area contributed by atoms with E-state index in [0.717, 1.165) is 32.1 Å². The van der Waals surface area contributed by atoms with Crippen molar-refractivity contribution in [2.75, 3.05) is 33.9 Å². The number of methoxy groups -OCH3 is 1. The van der Waals surface area contributed by atoms with E-state index < -0.39 is 0 Å². The fourth-order valence-electron chi connectivity index (χ4n) is 2.30. The van der Waals surface area contributed by atoms with E-state index in [1.165, 1.54) is 0 Å². The molecule has 20 heavy (non-hydrogen) atoms. The van der Waals surface area contributed by atoms with Crippen LogP contribution in [0.3, 0.4) is 0 Å². The summed E-state index contributed by atoms with van der Waals surface area (Å²) in [4.78, 5) is 10.7. The molecule has 1 aliphatic heterocycles. The van der Waals surface area contributed by atoms with E-state index in [4.69, 9.17) is 9.26 Å². The van der Waals surface area contributed by atoms with Crippen LogP contribution in [-0.2, 0) is 11.3 Å². The minimum atomic E-state index is 0. The Morgan fingerprint density at radius 2 is 2.40 bits per heavy atom. The topological polar surface area (TPSA) is 75.8 Å². The van der Waals surface area contributed by atoms with Crippen molar-refractivity contribution in [3.05, 3.63) is 11.7 Å². The van der Waals surface area contributed by atoms with E-state index in [1.807, 2.05) is 0 Å². The normalized spacial score (nSPS) is 19.1. The Morgan fingerprint density at radius 3 is 3.00 bits per heavy atom. The molecule has 0 spiro atoms. The van der Waals surface area contributed by atoms with Gasteiger partial charge in [0.2, 0.25) is 5.89 Å². The molecule has 0 amide bonds. The summed E-state index contributed by atoms with van der Waals surface area (Å²) in [5.41, 5.74) is 0. The van der Waals surface area contributed by atoms with Gasteiger partial charge in [-0.05, 0) is 13.3 Å². The smallest absolute Gasteiger partial charge is 0.246 e. The van der Waals surface area contributed by atoms with Gasteiger partial charge in [0.1, 0.15) is 0 Å². The Hall–Kier alpha value is -0.900. The third-order valence-corrected chi connectivity index (χ3v) is 3.17. The molecular formula is C12H22IN5O2. The zero-order valence-electron chi connectivity index (χ0n) is 12.1. The van der Waals surface area contributed by atoms with Gasteiger partial charge in [-0.3, -0.25) is 4.99 Å². The minimum absolute atomic E-state index is 0. The number of aromatic nitrogens is 2. The van der Waals surface area contributed by atoms with Gasteiger partial charge in [-0.2, -0.15) is 4.98 Å². The van der Waals surface area contributed by atoms with Crippen LogP contribution in [0.15, 0.2) is 9.52 Å². The molecule has 1 aliphatic rings. The fraction of sp³-hybridized carbons (Fsp3) is 0.750. The van der Waals surface area contributed by atoms with Crippen LogP contribution in [0.4, 0.5) is 0 Å². The van der Waals surface area contributed by atoms with E-state index in [-0.39, 0.29) is 24.0 Å². The average molecular weight is 395 g/mol. The monoisotopic (exact) mass is 395 g/mol. The van der Waals surface area contributed by atoms with Crippen molar-refractivity contribution < 1.29 is 9.26 Å². The number of ether oxygens (including phenoxy) is 1. The first-order chi connectivity index (χ1) is 9.22. The van der Waals surface area contributed by atoms with Gasteiger partial charge in [0.15, 0.2) is 11.8 Å². The quantitative estimate of drug-likeness (QED) is 0.467. The lowest BCUT2D eigenvalue weighted by atomic mass is 10.1. The predicted octanol–water partition coefficient (Wildman–Crippen LogP) is 1.04. The Bertz CT molecular complexity index is 437. The van der Waals surface area contributed by atoms with Gasteiger partial charge in [0.05, 0.1) is 13.2 Å². The molecule has 1 atom stereocenters. The molecule has 0 bridgehead atoms. The van der Waals surface area contributed by atoms with Crippen molar-refractivity contribution >= 4 is 29.9 Å². The van der Waals surface area contributed by atoms with Crippen LogP contribution in [-0.4, -0.2) is 54.9 Å². The summed E-state index contributed by atoms with van der Waals surface area (Å²) in [5, 5.41) is 7.00. The Morgan fingerprint density at radius 1 is 1.60 bits per heavy atom. The third-order valence-electron chi connectivity index (χ3n) is 3.17. The molecule has 8 heteroatoms. The molecule has 2 heterocycles. The number of hydrogen-bond acceptors (Lipinski definition) is 5. The molecule has 1 unspecified atom stereocenters. The number of likely N-dealkylation sites (tertiary alicyclic amines) is 1. The number of aliphatic imine (C=N–C) groups is 1. The van der Waals surface area contributed by atoms with E-state index in [1.54, 1.807) is 21.1 Å². The van der Waals surface area contributed by atoms with Gasteiger partial charge in [-0.25, -0.2) is 0 Å². The number of nitrogens with one attached hydrogen (secondary N) is 1. The molecule has 1 aromatic rings. The summed E-state index contributed by atoms with van der Waals surface area (Å²) >= 11 is 0. The maximum absolute atomic E-state index is 5.20. The van der Waals surface area contributed by atoms with Crippen LogP contribution < -0.4 is 5.32 Å². The van der Waals surface area contributed by atoms with E-state index in [2.05, 4.69) is 25.3 Å². The summed E-state index contributed by atoms with van der Waals surface area (Å²) in [5.74, 6) is 2.67. The van der Waals surface area contributed by atoms with Gasteiger partial charge < -0.3 is 19.5 Å². The largest absolute Gasteiger partial charge is 0.384 e. The fourth-order valence-corrected chi connectivity index (χ4v) is 2.30. The zero-order chi connectivity index (χ0) is 13.7. The lowest BCUT2D eigenvalue weighted by Gasteiger charge is -2.20. The highest BCUT2D eigenvalue weighted by Gasteiger charge is 2.24.